The van der Waals surface area contributed by atoms with Crippen LogP contribution >= 0.6 is 0 Å². The lowest BCUT2D eigenvalue weighted by atomic mass is 10.0. The summed E-state index contributed by atoms with van der Waals surface area (Å²) in [6, 6.07) is 1.97. The first-order chi connectivity index (χ1) is 11.0. The topological polar surface area (TPSA) is 68.5 Å². The summed E-state index contributed by atoms with van der Waals surface area (Å²) in [5, 5.41) is 11.7. The van der Waals surface area contributed by atoms with E-state index in [9.17, 15) is 8.78 Å². The van der Waals surface area contributed by atoms with Gasteiger partial charge in [-0.1, -0.05) is 13.8 Å². The quantitative estimate of drug-likeness (QED) is 0.801. The average Bonchev–Trinajstić information content (AvgIpc) is 2.92. The highest BCUT2D eigenvalue weighted by Crippen LogP contribution is 2.28. The van der Waals surface area contributed by atoms with Crippen molar-refractivity contribution in [2.45, 2.75) is 19.9 Å². The molecule has 6 nitrogen and oxygen atoms in total. The van der Waals surface area contributed by atoms with Gasteiger partial charge in [-0.05, 0) is 12.0 Å². The number of aromatic nitrogens is 5. The maximum Gasteiger partial charge on any atom is 0.161 e. The molecule has 0 saturated heterocycles. The van der Waals surface area contributed by atoms with Crippen molar-refractivity contribution in [3.8, 4) is 0 Å². The Bertz CT molecular complexity index is 845. The highest BCUT2D eigenvalue weighted by Gasteiger charge is 2.22. The molecule has 1 atom stereocenters. The van der Waals surface area contributed by atoms with Crippen LogP contribution in [0, 0.1) is 17.6 Å². The van der Waals surface area contributed by atoms with Crippen molar-refractivity contribution in [3.63, 3.8) is 0 Å². The highest BCUT2D eigenvalue weighted by molar-refractivity contribution is 5.89. The first-order valence-electron chi connectivity index (χ1n) is 7.17. The van der Waals surface area contributed by atoms with Gasteiger partial charge in [0.1, 0.15) is 18.5 Å². The molecule has 3 aromatic rings. The molecule has 1 N–H and O–H groups in total. The van der Waals surface area contributed by atoms with Crippen molar-refractivity contribution in [1.82, 2.24) is 24.7 Å². The number of hydrogen-bond acceptors (Lipinski definition) is 5. The predicted octanol–water partition coefficient (Wildman–Crippen LogP) is 2.85. The molecule has 0 fully saturated rings. The molecule has 0 bridgehead atoms. The van der Waals surface area contributed by atoms with E-state index in [0.29, 0.717) is 16.7 Å². The lowest BCUT2D eigenvalue weighted by Crippen LogP contribution is -2.21. The van der Waals surface area contributed by atoms with E-state index < -0.39 is 11.6 Å². The summed E-state index contributed by atoms with van der Waals surface area (Å²) in [4.78, 5) is 8.16. The Morgan fingerprint density at radius 1 is 1.13 bits per heavy atom. The molecule has 1 unspecified atom stereocenters. The third kappa shape index (κ3) is 2.84. The second-order valence-electron chi connectivity index (χ2n) is 5.67. The summed E-state index contributed by atoms with van der Waals surface area (Å²) in [7, 11) is 1.85. The molecule has 0 saturated carbocycles. The second-order valence-corrected chi connectivity index (χ2v) is 5.67. The summed E-state index contributed by atoms with van der Waals surface area (Å²) < 4.78 is 28.8. The molecule has 0 spiro atoms. The van der Waals surface area contributed by atoms with Gasteiger partial charge in [0.2, 0.25) is 0 Å². The molecule has 2 heterocycles. The van der Waals surface area contributed by atoms with Gasteiger partial charge in [0, 0.05) is 18.5 Å². The number of fused-ring (bicyclic) bond motifs is 1. The molecular formula is C15H16F2N6. The van der Waals surface area contributed by atoms with Crippen LogP contribution in [-0.2, 0) is 7.05 Å². The molecule has 3 rings (SSSR count). The summed E-state index contributed by atoms with van der Waals surface area (Å²) in [5.41, 5.74) is 0.335. The number of halogens is 2. The van der Waals surface area contributed by atoms with Crippen LogP contribution in [0.5, 0.6) is 0 Å². The zero-order valence-electron chi connectivity index (χ0n) is 13.0. The van der Waals surface area contributed by atoms with Crippen molar-refractivity contribution in [1.29, 1.82) is 0 Å². The van der Waals surface area contributed by atoms with E-state index in [2.05, 4.69) is 25.5 Å². The number of anilines is 1. The molecule has 0 aliphatic carbocycles. The molecule has 0 amide bonds. The van der Waals surface area contributed by atoms with Crippen LogP contribution in [0.3, 0.4) is 0 Å². The Labute approximate surface area is 131 Å². The van der Waals surface area contributed by atoms with Crippen LogP contribution in [0.4, 0.5) is 14.6 Å². The van der Waals surface area contributed by atoms with Crippen molar-refractivity contribution >= 4 is 16.7 Å². The van der Waals surface area contributed by atoms with E-state index in [-0.39, 0.29) is 12.0 Å². The van der Waals surface area contributed by atoms with Gasteiger partial charge in [0.05, 0.1) is 11.6 Å². The zero-order chi connectivity index (χ0) is 16.6. The Morgan fingerprint density at radius 2 is 1.87 bits per heavy atom. The van der Waals surface area contributed by atoms with Gasteiger partial charge in [-0.2, -0.15) is 0 Å². The zero-order valence-corrected chi connectivity index (χ0v) is 13.0. The summed E-state index contributed by atoms with van der Waals surface area (Å²) in [5.74, 6) is -0.538. The van der Waals surface area contributed by atoms with E-state index in [1.165, 1.54) is 6.33 Å². The van der Waals surface area contributed by atoms with Crippen LogP contribution in [0.15, 0.2) is 24.8 Å². The van der Waals surface area contributed by atoms with E-state index in [1.54, 1.807) is 10.9 Å². The molecule has 2 aromatic heterocycles. The van der Waals surface area contributed by atoms with Crippen LogP contribution in [0.2, 0.25) is 0 Å². The Kier molecular flexibility index (Phi) is 3.89. The maximum atomic E-state index is 13.6. The van der Waals surface area contributed by atoms with Gasteiger partial charge in [0.25, 0.3) is 0 Å². The number of benzene rings is 1. The van der Waals surface area contributed by atoms with E-state index in [4.69, 9.17) is 0 Å². The third-order valence-electron chi connectivity index (χ3n) is 3.66. The molecule has 0 aliphatic heterocycles. The fourth-order valence-corrected chi connectivity index (χ4v) is 2.42. The molecule has 23 heavy (non-hydrogen) atoms. The highest BCUT2D eigenvalue weighted by atomic mass is 19.2. The minimum absolute atomic E-state index is 0.174. The van der Waals surface area contributed by atoms with Crippen molar-refractivity contribution in [2.24, 2.45) is 13.0 Å². The fraction of sp³-hybridized carbons (Fsp3) is 0.333. The molecular weight excluding hydrogens is 302 g/mol. The van der Waals surface area contributed by atoms with Gasteiger partial charge < -0.3 is 9.88 Å². The number of hydrogen-bond donors (Lipinski definition) is 1. The van der Waals surface area contributed by atoms with E-state index in [0.717, 1.165) is 18.0 Å². The first kappa shape index (κ1) is 15.3. The molecule has 0 radical (unpaired) electrons. The van der Waals surface area contributed by atoms with Crippen LogP contribution in [0.1, 0.15) is 25.7 Å². The van der Waals surface area contributed by atoms with Gasteiger partial charge >= 0.3 is 0 Å². The summed E-state index contributed by atoms with van der Waals surface area (Å²) in [6.07, 6.45) is 2.93. The Morgan fingerprint density at radius 3 is 2.52 bits per heavy atom. The van der Waals surface area contributed by atoms with Gasteiger partial charge in [-0.3, -0.25) is 0 Å². The fourth-order valence-electron chi connectivity index (χ4n) is 2.42. The van der Waals surface area contributed by atoms with Crippen LogP contribution < -0.4 is 5.32 Å². The number of rotatable bonds is 4. The Balaban J connectivity index is 2.06. The standard InChI is InChI=1S/C15H16F2N6/c1-8(2)13(15-22-20-7-23(15)3)21-14-9-4-10(16)11(17)5-12(9)18-6-19-14/h4-8,13H,1-3H3,(H,18,19,21). The molecule has 1 aromatic carbocycles. The van der Waals surface area contributed by atoms with Crippen molar-refractivity contribution in [3.05, 3.63) is 42.2 Å². The number of aryl methyl sites for hydroxylation is 1. The lowest BCUT2D eigenvalue weighted by Gasteiger charge is -2.22. The number of nitrogens with one attached hydrogen (secondary N) is 1. The number of nitrogens with zero attached hydrogens (tertiary/aromatic N) is 5. The Hall–Kier alpha value is -2.64. The van der Waals surface area contributed by atoms with Crippen LogP contribution in [0.25, 0.3) is 10.9 Å². The van der Waals surface area contributed by atoms with Crippen molar-refractivity contribution in [2.75, 3.05) is 5.32 Å². The maximum absolute atomic E-state index is 13.6. The SMILES string of the molecule is CC(C)C(Nc1ncnc2cc(F)c(F)cc12)c1nncn1C. The molecule has 0 aliphatic rings. The van der Waals surface area contributed by atoms with Crippen LogP contribution in [-0.4, -0.2) is 24.7 Å². The average molecular weight is 318 g/mol. The minimum atomic E-state index is -0.935. The van der Waals surface area contributed by atoms with Crippen molar-refractivity contribution < 1.29 is 8.78 Å². The minimum Gasteiger partial charge on any atom is -0.359 e. The smallest absolute Gasteiger partial charge is 0.161 e. The summed E-state index contributed by atoms with van der Waals surface area (Å²) >= 11 is 0. The monoisotopic (exact) mass is 318 g/mol. The van der Waals surface area contributed by atoms with Gasteiger partial charge in [-0.25, -0.2) is 18.7 Å². The lowest BCUT2D eigenvalue weighted by molar-refractivity contribution is 0.504. The summed E-state index contributed by atoms with van der Waals surface area (Å²) in [6.45, 7) is 4.05. The molecule has 8 heteroatoms. The largest absolute Gasteiger partial charge is 0.359 e. The third-order valence-corrected chi connectivity index (χ3v) is 3.66. The van der Waals surface area contributed by atoms with E-state index >= 15 is 0 Å². The molecule has 120 valence electrons. The first-order valence-corrected chi connectivity index (χ1v) is 7.17. The predicted molar refractivity (Wildman–Crippen MR) is 81.7 cm³/mol. The van der Waals surface area contributed by atoms with Gasteiger partial charge in [-0.15, -0.1) is 10.2 Å². The van der Waals surface area contributed by atoms with E-state index in [1.807, 2.05) is 20.9 Å². The van der Waals surface area contributed by atoms with Gasteiger partial charge in [0.15, 0.2) is 17.5 Å². The second kappa shape index (κ2) is 5.86. The normalized spacial score (nSPS) is 12.8.